The molecular formula is C15H26N2O2. The maximum absolute atomic E-state index is 5.84. The van der Waals surface area contributed by atoms with E-state index in [1.165, 1.54) is 18.4 Å². The van der Waals surface area contributed by atoms with Crippen molar-refractivity contribution in [1.29, 1.82) is 0 Å². The smallest absolute Gasteiger partial charge is 0.118 e. The van der Waals surface area contributed by atoms with Crippen molar-refractivity contribution in [2.45, 2.75) is 51.9 Å². The van der Waals surface area contributed by atoms with Crippen LogP contribution in [0, 0.1) is 6.92 Å². The van der Waals surface area contributed by atoms with Crippen molar-refractivity contribution in [3.8, 4) is 0 Å². The number of aryl methyl sites for hydroxylation is 1. The molecule has 1 aromatic heterocycles. The van der Waals surface area contributed by atoms with E-state index in [-0.39, 0.29) is 0 Å². The Morgan fingerprint density at radius 2 is 2.26 bits per heavy atom. The summed E-state index contributed by atoms with van der Waals surface area (Å²) in [4.78, 5) is 2.25. The summed E-state index contributed by atoms with van der Waals surface area (Å²) >= 11 is 0. The summed E-state index contributed by atoms with van der Waals surface area (Å²) in [6, 6.07) is 3.31. The topological polar surface area (TPSA) is 37.6 Å². The van der Waals surface area contributed by atoms with E-state index >= 15 is 0 Å². The van der Waals surface area contributed by atoms with Crippen LogP contribution in [0.3, 0.4) is 0 Å². The molecule has 1 N–H and O–H groups in total. The maximum Gasteiger partial charge on any atom is 0.118 e. The number of furan rings is 1. The summed E-state index contributed by atoms with van der Waals surface area (Å²) in [7, 11) is 3.84. The zero-order valence-electron chi connectivity index (χ0n) is 12.5. The summed E-state index contributed by atoms with van der Waals surface area (Å²) in [5.41, 5.74) is 1.29. The molecule has 0 saturated heterocycles. The van der Waals surface area contributed by atoms with E-state index in [0.29, 0.717) is 6.04 Å². The van der Waals surface area contributed by atoms with Crippen molar-refractivity contribution in [2.24, 2.45) is 0 Å². The molecule has 0 aliphatic heterocycles. The van der Waals surface area contributed by atoms with Gasteiger partial charge in [0.15, 0.2) is 0 Å². The first-order valence-electron chi connectivity index (χ1n) is 7.11. The van der Waals surface area contributed by atoms with Gasteiger partial charge in [0.2, 0.25) is 0 Å². The van der Waals surface area contributed by atoms with E-state index in [2.05, 4.69) is 30.3 Å². The Bertz CT molecular complexity index is 399. The van der Waals surface area contributed by atoms with Crippen LogP contribution >= 0.6 is 0 Å². The predicted octanol–water partition coefficient (Wildman–Crippen LogP) is 2.31. The lowest BCUT2D eigenvalue weighted by molar-refractivity contribution is 0.107. The van der Waals surface area contributed by atoms with Crippen LogP contribution in [0.25, 0.3) is 0 Å². The summed E-state index contributed by atoms with van der Waals surface area (Å²) < 4.78 is 11.0. The number of hydrogen-bond acceptors (Lipinski definition) is 4. The minimum absolute atomic E-state index is 0.392. The van der Waals surface area contributed by atoms with E-state index in [9.17, 15) is 0 Å². The van der Waals surface area contributed by atoms with E-state index in [1.807, 2.05) is 6.92 Å². The molecule has 1 aromatic rings. The largest absolute Gasteiger partial charge is 0.465 e. The van der Waals surface area contributed by atoms with Crippen molar-refractivity contribution in [2.75, 3.05) is 20.8 Å². The predicted molar refractivity (Wildman–Crippen MR) is 76.1 cm³/mol. The van der Waals surface area contributed by atoms with Gasteiger partial charge in [-0.2, -0.15) is 0 Å². The lowest BCUT2D eigenvalue weighted by atomic mass is 10.2. The Morgan fingerprint density at radius 3 is 2.89 bits per heavy atom. The molecule has 108 valence electrons. The average Bonchev–Trinajstić information content (AvgIpc) is 3.12. The summed E-state index contributed by atoms with van der Waals surface area (Å²) in [6.45, 7) is 6.71. The Balaban J connectivity index is 1.87. The molecule has 1 aliphatic rings. The molecule has 4 heteroatoms. The minimum atomic E-state index is 0.392. The van der Waals surface area contributed by atoms with Crippen LogP contribution < -0.4 is 5.32 Å². The summed E-state index contributed by atoms with van der Waals surface area (Å²) in [6.07, 6.45) is 2.64. The maximum atomic E-state index is 5.84. The lowest BCUT2D eigenvalue weighted by Gasteiger charge is -2.22. The van der Waals surface area contributed by atoms with Crippen molar-refractivity contribution in [1.82, 2.24) is 10.2 Å². The van der Waals surface area contributed by atoms with Crippen molar-refractivity contribution >= 4 is 0 Å². The highest BCUT2D eigenvalue weighted by atomic mass is 16.5. The molecule has 0 spiro atoms. The number of ether oxygens (including phenoxy) is 1. The number of hydrogen-bond donors (Lipinski definition) is 1. The fourth-order valence-corrected chi connectivity index (χ4v) is 2.15. The quantitative estimate of drug-likeness (QED) is 0.783. The van der Waals surface area contributed by atoms with Gasteiger partial charge in [0.1, 0.15) is 11.5 Å². The van der Waals surface area contributed by atoms with E-state index in [1.54, 1.807) is 7.11 Å². The van der Waals surface area contributed by atoms with Crippen LogP contribution in [-0.2, 0) is 17.8 Å². The van der Waals surface area contributed by atoms with Gasteiger partial charge in [-0.15, -0.1) is 0 Å². The second-order valence-electron chi connectivity index (χ2n) is 5.67. The Hall–Kier alpha value is -0.840. The van der Waals surface area contributed by atoms with Crippen LogP contribution in [0.2, 0.25) is 0 Å². The summed E-state index contributed by atoms with van der Waals surface area (Å²) in [5, 5.41) is 3.53. The molecule has 1 heterocycles. The molecule has 1 fully saturated rings. The second-order valence-corrected chi connectivity index (χ2v) is 5.67. The third-order valence-corrected chi connectivity index (χ3v) is 3.80. The number of likely N-dealkylation sites (N-methyl/N-ethyl adjacent to an activating group) is 1. The molecule has 19 heavy (non-hydrogen) atoms. The van der Waals surface area contributed by atoms with Gasteiger partial charge in [-0.3, -0.25) is 4.90 Å². The molecule has 1 aliphatic carbocycles. The number of methoxy groups -OCH3 is 1. The highest BCUT2D eigenvalue weighted by molar-refractivity contribution is 5.21. The third-order valence-electron chi connectivity index (χ3n) is 3.80. The standard InChI is InChI=1S/C15H26N2O2/c1-11(10-18-4)17(3)9-15-7-13(12(2)19-15)8-16-14-5-6-14/h7,11,14,16H,5-6,8-10H2,1-4H3. The van der Waals surface area contributed by atoms with Gasteiger partial charge in [-0.1, -0.05) is 0 Å². The fraction of sp³-hybridized carbons (Fsp3) is 0.733. The van der Waals surface area contributed by atoms with Gasteiger partial charge in [0.25, 0.3) is 0 Å². The van der Waals surface area contributed by atoms with Crippen molar-refractivity contribution in [3.63, 3.8) is 0 Å². The number of nitrogens with zero attached hydrogens (tertiary/aromatic N) is 1. The molecule has 1 saturated carbocycles. The molecule has 1 atom stereocenters. The zero-order chi connectivity index (χ0) is 13.8. The minimum Gasteiger partial charge on any atom is -0.465 e. The Kier molecular flexibility index (Phi) is 5.02. The summed E-state index contributed by atoms with van der Waals surface area (Å²) in [5.74, 6) is 2.08. The van der Waals surface area contributed by atoms with Gasteiger partial charge in [0.05, 0.1) is 13.2 Å². The Morgan fingerprint density at radius 1 is 1.53 bits per heavy atom. The molecule has 0 radical (unpaired) electrons. The number of rotatable bonds is 8. The van der Waals surface area contributed by atoms with Crippen LogP contribution in [0.4, 0.5) is 0 Å². The van der Waals surface area contributed by atoms with Crippen molar-refractivity contribution in [3.05, 3.63) is 23.2 Å². The molecule has 0 bridgehead atoms. The molecule has 1 unspecified atom stereocenters. The molecular weight excluding hydrogens is 240 g/mol. The first-order chi connectivity index (χ1) is 9.10. The normalized spacial score (nSPS) is 17.1. The number of nitrogens with one attached hydrogen (secondary N) is 1. The van der Waals surface area contributed by atoms with Gasteiger partial charge in [-0.05, 0) is 39.8 Å². The Labute approximate surface area is 116 Å². The highest BCUT2D eigenvalue weighted by Gasteiger charge is 2.21. The first-order valence-corrected chi connectivity index (χ1v) is 7.11. The first kappa shape index (κ1) is 14.6. The van der Waals surface area contributed by atoms with Crippen LogP contribution in [0.15, 0.2) is 10.5 Å². The van der Waals surface area contributed by atoms with Gasteiger partial charge >= 0.3 is 0 Å². The van der Waals surface area contributed by atoms with E-state index in [0.717, 1.165) is 37.3 Å². The zero-order valence-corrected chi connectivity index (χ0v) is 12.5. The van der Waals surface area contributed by atoms with Gasteiger partial charge < -0.3 is 14.5 Å². The van der Waals surface area contributed by atoms with Crippen LogP contribution in [0.1, 0.15) is 36.8 Å². The monoisotopic (exact) mass is 266 g/mol. The van der Waals surface area contributed by atoms with Crippen LogP contribution in [-0.4, -0.2) is 37.7 Å². The molecule has 2 rings (SSSR count). The second kappa shape index (κ2) is 6.55. The molecule has 0 amide bonds. The fourth-order valence-electron chi connectivity index (χ4n) is 2.15. The average molecular weight is 266 g/mol. The van der Waals surface area contributed by atoms with Crippen LogP contribution in [0.5, 0.6) is 0 Å². The lowest BCUT2D eigenvalue weighted by Crippen LogP contribution is -2.32. The van der Waals surface area contributed by atoms with E-state index < -0.39 is 0 Å². The van der Waals surface area contributed by atoms with E-state index in [4.69, 9.17) is 9.15 Å². The SMILES string of the molecule is COCC(C)N(C)Cc1cc(CNC2CC2)c(C)o1. The van der Waals surface area contributed by atoms with Gasteiger partial charge in [0, 0.05) is 31.3 Å². The highest BCUT2D eigenvalue weighted by Crippen LogP contribution is 2.21. The molecule has 0 aromatic carbocycles. The molecule has 4 nitrogen and oxygen atoms in total. The van der Waals surface area contributed by atoms with Gasteiger partial charge in [-0.25, -0.2) is 0 Å². The third kappa shape index (κ3) is 4.34. The van der Waals surface area contributed by atoms with Crippen molar-refractivity contribution < 1.29 is 9.15 Å².